The van der Waals surface area contributed by atoms with E-state index in [-0.39, 0.29) is 0 Å². The molecule has 2 nitrogen and oxygen atoms in total. The number of nitriles is 1. The molecule has 0 unspecified atom stereocenters. The van der Waals surface area contributed by atoms with Crippen LogP contribution >= 0.6 is 0 Å². The van der Waals surface area contributed by atoms with Crippen LogP contribution in [0.3, 0.4) is 0 Å². The molecule has 2 aromatic carbocycles. The Balaban J connectivity index is 2.09. The minimum Gasteiger partial charge on any atom is -0.489 e. The molecular formula is C14H10NO. The lowest BCUT2D eigenvalue weighted by Gasteiger charge is -2.06. The first kappa shape index (κ1) is 10.3. The predicted octanol–water partition coefficient (Wildman–Crippen LogP) is 2.94. The lowest BCUT2D eigenvalue weighted by atomic mass is 10.1. The summed E-state index contributed by atoms with van der Waals surface area (Å²) in [5, 5.41) is 8.91. The summed E-state index contributed by atoms with van der Waals surface area (Å²) in [5.74, 6) is 0.784. The van der Waals surface area contributed by atoms with Crippen molar-refractivity contribution in [2.45, 2.75) is 6.61 Å². The van der Waals surface area contributed by atoms with Crippen molar-refractivity contribution in [1.29, 1.82) is 5.26 Å². The molecule has 77 valence electrons. The van der Waals surface area contributed by atoms with Gasteiger partial charge < -0.3 is 4.74 Å². The summed E-state index contributed by atoms with van der Waals surface area (Å²) in [6.45, 7) is 0.410. The number of rotatable bonds is 3. The number of hydrogen-bond acceptors (Lipinski definition) is 2. The van der Waals surface area contributed by atoms with Crippen molar-refractivity contribution >= 4 is 0 Å². The van der Waals surface area contributed by atoms with E-state index in [4.69, 9.17) is 10.00 Å². The van der Waals surface area contributed by atoms with Crippen molar-refractivity contribution in [2.24, 2.45) is 0 Å². The quantitative estimate of drug-likeness (QED) is 0.776. The third kappa shape index (κ3) is 2.40. The summed E-state index contributed by atoms with van der Waals surface area (Å²) in [7, 11) is 0. The standard InChI is InChI=1S/C14H10NO/c15-10-12-6-4-5-7-13(12)11-16-14-8-2-1-3-9-14/h2-9H,11H2. The Morgan fingerprint density at radius 3 is 2.62 bits per heavy atom. The van der Waals surface area contributed by atoms with Gasteiger partial charge in [-0.2, -0.15) is 5.26 Å². The zero-order valence-corrected chi connectivity index (χ0v) is 8.68. The topological polar surface area (TPSA) is 33.0 Å². The molecule has 0 N–H and O–H groups in total. The number of benzene rings is 2. The predicted molar refractivity (Wildman–Crippen MR) is 60.8 cm³/mol. The van der Waals surface area contributed by atoms with Crippen molar-refractivity contribution < 1.29 is 4.74 Å². The van der Waals surface area contributed by atoms with Gasteiger partial charge in [-0.15, -0.1) is 0 Å². The smallest absolute Gasteiger partial charge is 0.119 e. The van der Waals surface area contributed by atoms with E-state index < -0.39 is 0 Å². The third-order valence-corrected chi connectivity index (χ3v) is 2.22. The summed E-state index contributed by atoms with van der Waals surface area (Å²) in [6.07, 6.45) is 0. The number of nitrogens with zero attached hydrogens (tertiary/aromatic N) is 1. The molecule has 2 aromatic rings. The molecule has 0 amide bonds. The molecule has 0 heterocycles. The molecule has 0 bridgehead atoms. The van der Waals surface area contributed by atoms with E-state index in [2.05, 4.69) is 12.1 Å². The van der Waals surface area contributed by atoms with Crippen LogP contribution in [0.2, 0.25) is 0 Å². The maximum Gasteiger partial charge on any atom is 0.119 e. The zero-order valence-electron chi connectivity index (χ0n) is 8.68. The summed E-state index contributed by atoms with van der Waals surface area (Å²) < 4.78 is 5.56. The second kappa shape index (κ2) is 4.99. The zero-order chi connectivity index (χ0) is 11.2. The highest BCUT2D eigenvalue weighted by atomic mass is 16.5. The average Bonchev–Trinajstić information content (AvgIpc) is 2.38. The molecule has 0 spiro atoms. The maximum atomic E-state index is 8.91. The Hall–Kier alpha value is -2.27. The summed E-state index contributed by atoms with van der Waals surface area (Å²) in [5.41, 5.74) is 1.56. The first-order valence-corrected chi connectivity index (χ1v) is 4.97. The molecule has 0 aliphatic heterocycles. The Bertz CT molecular complexity index is 500. The first-order chi connectivity index (χ1) is 7.90. The van der Waals surface area contributed by atoms with Crippen LogP contribution in [-0.2, 0) is 6.61 Å². The molecule has 0 aliphatic rings. The first-order valence-electron chi connectivity index (χ1n) is 4.97. The van der Waals surface area contributed by atoms with E-state index in [1.165, 1.54) is 0 Å². The van der Waals surface area contributed by atoms with Crippen molar-refractivity contribution in [3.05, 3.63) is 65.7 Å². The van der Waals surface area contributed by atoms with Gasteiger partial charge in [0.1, 0.15) is 12.4 Å². The van der Waals surface area contributed by atoms with E-state index in [1.54, 1.807) is 18.2 Å². The summed E-state index contributed by atoms with van der Waals surface area (Å²) in [4.78, 5) is 0. The van der Waals surface area contributed by atoms with Gasteiger partial charge in [0.2, 0.25) is 0 Å². The Labute approximate surface area is 94.7 Å². The number of ether oxygens (including phenoxy) is 1. The normalized spacial score (nSPS) is 9.44. The SMILES string of the molecule is N#Cc1ccccc1COc1cc[c]cc1. The molecule has 0 atom stereocenters. The van der Waals surface area contributed by atoms with E-state index in [9.17, 15) is 0 Å². The van der Waals surface area contributed by atoms with E-state index in [0.717, 1.165) is 11.3 Å². The van der Waals surface area contributed by atoms with Gasteiger partial charge in [-0.05, 0) is 24.3 Å². The van der Waals surface area contributed by atoms with Gasteiger partial charge in [0.05, 0.1) is 11.6 Å². The highest BCUT2D eigenvalue weighted by Crippen LogP contribution is 2.13. The maximum absolute atomic E-state index is 8.91. The van der Waals surface area contributed by atoms with Gasteiger partial charge in [-0.3, -0.25) is 0 Å². The fourth-order valence-electron chi connectivity index (χ4n) is 1.38. The van der Waals surface area contributed by atoms with Gasteiger partial charge in [0.25, 0.3) is 0 Å². The van der Waals surface area contributed by atoms with Crippen LogP contribution in [0.25, 0.3) is 0 Å². The van der Waals surface area contributed by atoms with E-state index >= 15 is 0 Å². The molecule has 1 radical (unpaired) electrons. The van der Waals surface area contributed by atoms with Gasteiger partial charge in [-0.25, -0.2) is 0 Å². The molecular weight excluding hydrogens is 198 g/mol. The molecule has 0 aromatic heterocycles. The lowest BCUT2D eigenvalue weighted by Crippen LogP contribution is -1.97. The van der Waals surface area contributed by atoms with Crippen LogP contribution in [0.4, 0.5) is 0 Å². The minimum atomic E-state index is 0.410. The summed E-state index contributed by atoms with van der Waals surface area (Å²) >= 11 is 0. The Morgan fingerprint density at radius 1 is 1.12 bits per heavy atom. The molecule has 0 saturated carbocycles. The van der Waals surface area contributed by atoms with Crippen LogP contribution < -0.4 is 4.74 Å². The average molecular weight is 208 g/mol. The van der Waals surface area contributed by atoms with E-state index in [0.29, 0.717) is 12.2 Å². The molecule has 0 fully saturated rings. The summed E-state index contributed by atoms with van der Waals surface area (Å²) in [6, 6.07) is 19.8. The highest BCUT2D eigenvalue weighted by Gasteiger charge is 2.01. The highest BCUT2D eigenvalue weighted by molar-refractivity contribution is 5.37. The third-order valence-electron chi connectivity index (χ3n) is 2.22. The van der Waals surface area contributed by atoms with Crippen LogP contribution in [0.1, 0.15) is 11.1 Å². The van der Waals surface area contributed by atoms with E-state index in [1.807, 2.05) is 30.3 Å². The lowest BCUT2D eigenvalue weighted by molar-refractivity contribution is 0.306. The van der Waals surface area contributed by atoms with Gasteiger partial charge in [0, 0.05) is 5.56 Å². The fraction of sp³-hybridized carbons (Fsp3) is 0.0714. The van der Waals surface area contributed by atoms with Crippen molar-refractivity contribution in [1.82, 2.24) is 0 Å². The van der Waals surface area contributed by atoms with Gasteiger partial charge >= 0.3 is 0 Å². The van der Waals surface area contributed by atoms with Crippen molar-refractivity contribution in [3.8, 4) is 11.8 Å². The van der Waals surface area contributed by atoms with Crippen molar-refractivity contribution in [3.63, 3.8) is 0 Å². The molecule has 2 heteroatoms. The van der Waals surface area contributed by atoms with Crippen molar-refractivity contribution in [2.75, 3.05) is 0 Å². The van der Waals surface area contributed by atoms with Crippen LogP contribution in [-0.4, -0.2) is 0 Å². The molecule has 16 heavy (non-hydrogen) atoms. The second-order valence-electron chi connectivity index (χ2n) is 3.29. The largest absolute Gasteiger partial charge is 0.489 e. The van der Waals surface area contributed by atoms with Crippen LogP contribution in [0.5, 0.6) is 5.75 Å². The Kier molecular flexibility index (Phi) is 3.20. The molecule has 0 aliphatic carbocycles. The molecule has 0 saturated heterocycles. The number of hydrogen-bond donors (Lipinski definition) is 0. The Morgan fingerprint density at radius 2 is 1.88 bits per heavy atom. The van der Waals surface area contributed by atoms with Gasteiger partial charge in [0.15, 0.2) is 0 Å². The van der Waals surface area contributed by atoms with Crippen LogP contribution in [0, 0.1) is 17.4 Å². The van der Waals surface area contributed by atoms with Gasteiger partial charge in [-0.1, -0.05) is 30.3 Å². The van der Waals surface area contributed by atoms with Crippen LogP contribution in [0.15, 0.2) is 48.5 Å². The fourth-order valence-corrected chi connectivity index (χ4v) is 1.38. The minimum absolute atomic E-state index is 0.410. The second-order valence-corrected chi connectivity index (χ2v) is 3.29. The molecule has 2 rings (SSSR count). The monoisotopic (exact) mass is 208 g/mol.